The lowest BCUT2D eigenvalue weighted by atomic mass is 10.00. The fourth-order valence-electron chi connectivity index (χ4n) is 2.06. The quantitative estimate of drug-likeness (QED) is 0.823. The second kappa shape index (κ2) is 7.56. The van der Waals surface area contributed by atoms with E-state index in [2.05, 4.69) is 13.8 Å². The molecule has 1 rings (SSSR count). The first kappa shape index (κ1) is 16.1. The van der Waals surface area contributed by atoms with Crippen molar-refractivity contribution < 1.29 is 13.9 Å². The number of hydrogen-bond donors (Lipinski definition) is 1. The highest BCUT2D eigenvalue weighted by Gasteiger charge is 2.14. The summed E-state index contributed by atoms with van der Waals surface area (Å²) >= 11 is 0. The summed E-state index contributed by atoms with van der Waals surface area (Å²) in [7, 11) is 1.59. The molecule has 0 saturated heterocycles. The molecule has 1 N–H and O–H groups in total. The van der Waals surface area contributed by atoms with Gasteiger partial charge in [0.15, 0.2) is 0 Å². The van der Waals surface area contributed by atoms with Gasteiger partial charge in [0.1, 0.15) is 0 Å². The van der Waals surface area contributed by atoms with E-state index in [0.717, 1.165) is 12.0 Å². The van der Waals surface area contributed by atoms with E-state index in [-0.39, 0.29) is 13.1 Å². The summed E-state index contributed by atoms with van der Waals surface area (Å²) in [6, 6.07) is 7.73. The zero-order valence-electron chi connectivity index (χ0n) is 11.8. The molecule has 0 aliphatic carbocycles. The summed E-state index contributed by atoms with van der Waals surface area (Å²) in [5, 5.41) is 9.99. The van der Waals surface area contributed by atoms with Crippen LogP contribution in [0.25, 0.3) is 0 Å². The van der Waals surface area contributed by atoms with Crippen LogP contribution < -0.4 is 0 Å². The Labute approximate surface area is 114 Å². The molecule has 1 aromatic carbocycles. The minimum Gasteiger partial charge on any atom is -0.387 e. The highest BCUT2D eigenvalue weighted by molar-refractivity contribution is 5.24. The first-order valence-electron chi connectivity index (χ1n) is 6.62. The molecule has 108 valence electrons. The molecule has 0 radical (unpaired) electrons. The Morgan fingerprint density at radius 1 is 1.11 bits per heavy atom. The molecule has 0 aliphatic rings. The molecule has 0 amide bonds. The predicted molar refractivity (Wildman–Crippen MR) is 73.4 cm³/mol. The molecule has 0 aromatic heterocycles. The summed E-state index contributed by atoms with van der Waals surface area (Å²) < 4.78 is 24.4. The van der Waals surface area contributed by atoms with Gasteiger partial charge in [-0.15, -0.1) is 0 Å². The zero-order valence-corrected chi connectivity index (χ0v) is 11.8. The number of hydrogen-bond acceptors (Lipinski definition) is 2. The smallest absolute Gasteiger partial charge is 0.251 e. The first-order chi connectivity index (χ1) is 8.88. The van der Waals surface area contributed by atoms with Crippen molar-refractivity contribution in [3.05, 3.63) is 35.4 Å². The van der Waals surface area contributed by atoms with E-state index in [1.807, 2.05) is 24.3 Å². The Kier molecular flexibility index (Phi) is 6.38. The van der Waals surface area contributed by atoms with E-state index in [4.69, 9.17) is 0 Å². The molecule has 0 spiro atoms. The Morgan fingerprint density at radius 3 is 2.16 bits per heavy atom. The summed E-state index contributed by atoms with van der Waals surface area (Å²) in [5.74, 6) is 0.591. The minimum absolute atomic E-state index is 0.216. The average Bonchev–Trinajstić information content (AvgIpc) is 2.27. The van der Waals surface area contributed by atoms with Gasteiger partial charge in [-0.05, 0) is 30.5 Å². The van der Waals surface area contributed by atoms with E-state index >= 15 is 0 Å². The van der Waals surface area contributed by atoms with E-state index in [9.17, 15) is 13.9 Å². The summed E-state index contributed by atoms with van der Waals surface area (Å²) in [6.45, 7) is 4.21. The van der Waals surface area contributed by atoms with Crippen LogP contribution in [0.5, 0.6) is 0 Å². The van der Waals surface area contributed by atoms with E-state index in [0.29, 0.717) is 5.92 Å². The first-order valence-corrected chi connectivity index (χ1v) is 6.62. The SMILES string of the molecule is CC(C)Cc1ccc(C(O)CN(C)CC(F)F)cc1. The van der Waals surface area contributed by atoms with Crippen LogP contribution in [0.4, 0.5) is 8.78 Å². The van der Waals surface area contributed by atoms with Crippen molar-refractivity contribution in [3.63, 3.8) is 0 Å². The standard InChI is InChI=1S/C15H23F2NO/c1-11(2)8-12-4-6-13(7-5-12)14(19)9-18(3)10-15(16)17/h4-7,11,14-15,19H,8-10H2,1-3H3. The molecule has 0 fully saturated rings. The average molecular weight is 271 g/mol. The van der Waals surface area contributed by atoms with E-state index < -0.39 is 12.5 Å². The number of likely N-dealkylation sites (N-methyl/N-ethyl adjacent to an activating group) is 1. The molecule has 1 unspecified atom stereocenters. The van der Waals surface area contributed by atoms with Gasteiger partial charge in [-0.1, -0.05) is 38.1 Å². The molecular weight excluding hydrogens is 248 g/mol. The van der Waals surface area contributed by atoms with Gasteiger partial charge in [-0.25, -0.2) is 8.78 Å². The second-order valence-corrected chi connectivity index (χ2v) is 5.47. The highest BCUT2D eigenvalue weighted by Crippen LogP contribution is 2.17. The molecular formula is C15H23F2NO. The third kappa shape index (κ3) is 6.12. The van der Waals surface area contributed by atoms with Gasteiger partial charge >= 0.3 is 0 Å². The van der Waals surface area contributed by atoms with Crippen molar-refractivity contribution in [2.75, 3.05) is 20.1 Å². The lowest BCUT2D eigenvalue weighted by Crippen LogP contribution is -2.29. The van der Waals surface area contributed by atoms with Crippen LogP contribution >= 0.6 is 0 Å². The van der Waals surface area contributed by atoms with Crippen LogP contribution in [0, 0.1) is 5.92 Å². The summed E-state index contributed by atoms with van der Waals surface area (Å²) in [4.78, 5) is 1.44. The van der Waals surface area contributed by atoms with Gasteiger partial charge in [0.05, 0.1) is 12.6 Å². The predicted octanol–water partition coefficient (Wildman–Crippen LogP) is 3.12. The zero-order chi connectivity index (χ0) is 14.4. The highest BCUT2D eigenvalue weighted by atomic mass is 19.3. The van der Waals surface area contributed by atoms with Gasteiger partial charge in [0, 0.05) is 6.54 Å². The summed E-state index contributed by atoms with van der Waals surface area (Å²) in [5.41, 5.74) is 2.00. The molecule has 1 atom stereocenters. The van der Waals surface area contributed by atoms with E-state index in [1.165, 1.54) is 10.5 Å². The van der Waals surface area contributed by atoms with Crippen LogP contribution in [0.15, 0.2) is 24.3 Å². The van der Waals surface area contributed by atoms with Crippen LogP contribution in [0.3, 0.4) is 0 Å². The number of alkyl halides is 2. The van der Waals surface area contributed by atoms with Gasteiger partial charge in [0.25, 0.3) is 6.43 Å². The normalized spacial score (nSPS) is 13.5. The number of aliphatic hydroxyl groups is 1. The largest absolute Gasteiger partial charge is 0.387 e. The van der Waals surface area contributed by atoms with Gasteiger partial charge in [0.2, 0.25) is 0 Å². The van der Waals surface area contributed by atoms with Crippen molar-refractivity contribution in [2.45, 2.75) is 32.8 Å². The number of rotatable bonds is 7. The third-order valence-electron chi connectivity index (χ3n) is 2.94. The molecule has 0 saturated carbocycles. The Hall–Kier alpha value is -1.00. The van der Waals surface area contributed by atoms with Crippen LogP contribution in [-0.4, -0.2) is 36.6 Å². The minimum atomic E-state index is -2.37. The molecule has 4 heteroatoms. The van der Waals surface area contributed by atoms with Crippen molar-refractivity contribution in [2.24, 2.45) is 5.92 Å². The lowest BCUT2D eigenvalue weighted by molar-refractivity contribution is 0.0680. The van der Waals surface area contributed by atoms with Crippen LogP contribution in [0.2, 0.25) is 0 Å². The Balaban J connectivity index is 2.55. The van der Waals surface area contributed by atoms with Gasteiger partial charge < -0.3 is 5.11 Å². The van der Waals surface area contributed by atoms with Gasteiger partial charge in [-0.2, -0.15) is 0 Å². The monoisotopic (exact) mass is 271 g/mol. The molecule has 19 heavy (non-hydrogen) atoms. The fourth-order valence-corrected chi connectivity index (χ4v) is 2.06. The molecule has 0 bridgehead atoms. The summed E-state index contributed by atoms with van der Waals surface area (Å²) in [6.07, 6.45) is -2.09. The third-order valence-corrected chi connectivity index (χ3v) is 2.94. The van der Waals surface area contributed by atoms with Crippen molar-refractivity contribution in [1.82, 2.24) is 4.90 Å². The Morgan fingerprint density at radius 2 is 1.68 bits per heavy atom. The number of nitrogens with zero attached hydrogens (tertiary/aromatic N) is 1. The second-order valence-electron chi connectivity index (χ2n) is 5.47. The van der Waals surface area contributed by atoms with E-state index in [1.54, 1.807) is 7.05 Å². The maximum Gasteiger partial charge on any atom is 0.251 e. The number of aliphatic hydroxyl groups excluding tert-OH is 1. The maximum atomic E-state index is 12.2. The maximum absolute atomic E-state index is 12.2. The Bertz CT molecular complexity index is 365. The number of benzene rings is 1. The van der Waals surface area contributed by atoms with Crippen LogP contribution in [-0.2, 0) is 6.42 Å². The van der Waals surface area contributed by atoms with Gasteiger partial charge in [-0.3, -0.25) is 4.90 Å². The lowest BCUT2D eigenvalue weighted by Gasteiger charge is -2.20. The van der Waals surface area contributed by atoms with Crippen molar-refractivity contribution in [1.29, 1.82) is 0 Å². The fraction of sp³-hybridized carbons (Fsp3) is 0.600. The molecule has 0 heterocycles. The topological polar surface area (TPSA) is 23.5 Å². The molecule has 1 aromatic rings. The van der Waals surface area contributed by atoms with Crippen molar-refractivity contribution in [3.8, 4) is 0 Å². The number of halogens is 2. The molecule has 2 nitrogen and oxygen atoms in total. The molecule has 0 aliphatic heterocycles. The van der Waals surface area contributed by atoms with Crippen molar-refractivity contribution >= 4 is 0 Å². The van der Waals surface area contributed by atoms with Crippen LogP contribution in [0.1, 0.15) is 31.1 Å².